The molecule has 0 fully saturated rings. The fourth-order valence-corrected chi connectivity index (χ4v) is 2.54. The van der Waals surface area contributed by atoms with E-state index in [2.05, 4.69) is 13.8 Å². The summed E-state index contributed by atoms with van der Waals surface area (Å²) in [6, 6.07) is 3.87. The largest absolute Gasteiger partial charge is 0.490 e. The van der Waals surface area contributed by atoms with Crippen LogP contribution in [0, 0.1) is 5.41 Å². The van der Waals surface area contributed by atoms with Crippen LogP contribution in [-0.2, 0) is 6.42 Å². The van der Waals surface area contributed by atoms with Crippen LogP contribution in [-0.4, -0.2) is 19.8 Å². The SMILES string of the molecule is CCOc1cc(Cl)c(CCC(C)(C)CCN)cc1OCC. The smallest absolute Gasteiger partial charge is 0.162 e. The number of aryl methyl sites for hydroxylation is 1. The summed E-state index contributed by atoms with van der Waals surface area (Å²) in [5, 5.41) is 0.741. The normalized spacial score (nSPS) is 11.5. The van der Waals surface area contributed by atoms with E-state index in [9.17, 15) is 0 Å². The van der Waals surface area contributed by atoms with Crippen molar-refractivity contribution >= 4 is 11.6 Å². The molecule has 0 unspecified atom stereocenters. The quantitative estimate of drug-likeness (QED) is 0.732. The van der Waals surface area contributed by atoms with Crippen molar-refractivity contribution in [2.75, 3.05) is 19.8 Å². The molecule has 0 aliphatic carbocycles. The molecular formula is C17H28ClNO2. The first kappa shape index (κ1) is 18.1. The second-order valence-corrected chi connectivity index (χ2v) is 6.37. The number of benzene rings is 1. The highest BCUT2D eigenvalue weighted by Crippen LogP contribution is 2.36. The zero-order chi connectivity index (χ0) is 15.9. The molecule has 0 saturated heterocycles. The minimum absolute atomic E-state index is 0.225. The lowest BCUT2D eigenvalue weighted by Crippen LogP contribution is -2.18. The Hall–Kier alpha value is -0.930. The van der Waals surface area contributed by atoms with Gasteiger partial charge in [0, 0.05) is 11.1 Å². The van der Waals surface area contributed by atoms with Crippen molar-refractivity contribution in [3.05, 3.63) is 22.7 Å². The topological polar surface area (TPSA) is 44.5 Å². The van der Waals surface area contributed by atoms with E-state index in [0.29, 0.717) is 25.5 Å². The molecule has 0 spiro atoms. The number of hydrogen-bond acceptors (Lipinski definition) is 3. The predicted molar refractivity (Wildman–Crippen MR) is 89.6 cm³/mol. The Morgan fingerprint density at radius 3 is 2.14 bits per heavy atom. The molecule has 0 bridgehead atoms. The zero-order valence-electron chi connectivity index (χ0n) is 13.7. The summed E-state index contributed by atoms with van der Waals surface area (Å²) in [6.45, 7) is 10.3. The Labute approximate surface area is 133 Å². The molecule has 1 rings (SSSR count). The Bertz CT molecular complexity index is 447. The van der Waals surface area contributed by atoms with Crippen molar-refractivity contribution in [3.63, 3.8) is 0 Å². The van der Waals surface area contributed by atoms with Gasteiger partial charge >= 0.3 is 0 Å². The number of hydrogen-bond donors (Lipinski definition) is 1. The van der Waals surface area contributed by atoms with E-state index in [1.54, 1.807) is 0 Å². The van der Waals surface area contributed by atoms with Crippen LogP contribution in [0.4, 0.5) is 0 Å². The van der Waals surface area contributed by atoms with E-state index in [1.807, 2.05) is 26.0 Å². The third kappa shape index (κ3) is 5.76. The van der Waals surface area contributed by atoms with Crippen LogP contribution in [0.25, 0.3) is 0 Å². The van der Waals surface area contributed by atoms with E-state index in [1.165, 1.54) is 0 Å². The van der Waals surface area contributed by atoms with Crippen molar-refractivity contribution in [1.82, 2.24) is 0 Å². The molecule has 3 nitrogen and oxygen atoms in total. The van der Waals surface area contributed by atoms with Crippen LogP contribution in [0.1, 0.15) is 46.1 Å². The van der Waals surface area contributed by atoms with Gasteiger partial charge in [0.25, 0.3) is 0 Å². The van der Waals surface area contributed by atoms with Crippen molar-refractivity contribution in [2.45, 2.75) is 47.0 Å². The van der Waals surface area contributed by atoms with Gasteiger partial charge in [-0.15, -0.1) is 0 Å². The number of ether oxygens (including phenoxy) is 2. The molecule has 0 amide bonds. The maximum Gasteiger partial charge on any atom is 0.162 e. The van der Waals surface area contributed by atoms with Gasteiger partial charge in [-0.3, -0.25) is 0 Å². The monoisotopic (exact) mass is 313 g/mol. The zero-order valence-corrected chi connectivity index (χ0v) is 14.4. The van der Waals surface area contributed by atoms with Gasteiger partial charge < -0.3 is 15.2 Å². The standard InChI is InChI=1S/C17H28ClNO2/c1-5-20-15-11-13(7-8-17(3,4)9-10-19)14(18)12-16(15)21-6-2/h11-12H,5-10,19H2,1-4H3. The molecule has 0 saturated carbocycles. The Balaban J connectivity index is 2.89. The van der Waals surface area contributed by atoms with Gasteiger partial charge in [-0.05, 0) is 56.7 Å². The van der Waals surface area contributed by atoms with Crippen LogP contribution < -0.4 is 15.2 Å². The highest BCUT2D eigenvalue weighted by Gasteiger charge is 2.18. The molecule has 0 heterocycles. The van der Waals surface area contributed by atoms with Gasteiger partial charge in [-0.1, -0.05) is 25.4 Å². The van der Waals surface area contributed by atoms with Gasteiger partial charge in [-0.25, -0.2) is 0 Å². The lowest BCUT2D eigenvalue weighted by Gasteiger charge is -2.24. The Kier molecular flexibility index (Phi) is 7.33. The molecule has 2 N–H and O–H groups in total. The fourth-order valence-electron chi connectivity index (χ4n) is 2.29. The first-order chi connectivity index (χ1) is 9.93. The molecule has 120 valence electrons. The molecular weight excluding hydrogens is 286 g/mol. The molecule has 0 atom stereocenters. The third-order valence-corrected chi connectivity index (χ3v) is 3.96. The van der Waals surface area contributed by atoms with Crippen molar-refractivity contribution < 1.29 is 9.47 Å². The molecule has 1 aromatic rings. The van der Waals surface area contributed by atoms with Crippen LogP contribution in [0.3, 0.4) is 0 Å². The minimum atomic E-state index is 0.225. The van der Waals surface area contributed by atoms with Crippen LogP contribution >= 0.6 is 11.6 Å². The van der Waals surface area contributed by atoms with Gasteiger partial charge in [0.2, 0.25) is 0 Å². The van der Waals surface area contributed by atoms with Crippen molar-refractivity contribution in [2.24, 2.45) is 11.1 Å². The summed E-state index contributed by atoms with van der Waals surface area (Å²) in [5.74, 6) is 1.49. The first-order valence-electron chi connectivity index (χ1n) is 7.71. The second-order valence-electron chi connectivity index (χ2n) is 5.96. The summed E-state index contributed by atoms with van der Waals surface area (Å²) < 4.78 is 11.2. The number of nitrogens with two attached hydrogens (primary N) is 1. The fraction of sp³-hybridized carbons (Fsp3) is 0.647. The lowest BCUT2D eigenvalue weighted by molar-refractivity contribution is 0.286. The minimum Gasteiger partial charge on any atom is -0.490 e. The van der Waals surface area contributed by atoms with Gasteiger partial charge in [0.05, 0.1) is 13.2 Å². The number of halogens is 1. The molecule has 0 radical (unpaired) electrons. The number of rotatable bonds is 9. The van der Waals surface area contributed by atoms with E-state index >= 15 is 0 Å². The van der Waals surface area contributed by atoms with Gasteiger partial charge in [0.1, 0.15) is 0 Å². The van der Waals surface area contributed by atoms with E-state index in [0.717, 1.165) is 35.6 Å². The highest BCUT2D eigenvalue weighted by molar-refractivity contribution is 6.31. The highest BCUT2D eigenvalue weighted by atomic mass is 35.5. The third-order valence-electron chi connectivity index (χ3n) is 3.60. The molecule has 0 aliphatic rings. The molecule has 4 heteroatoms. The van der Waals surface area contributed by atoms with Crippen LogP contribution in [0.15, 0.2) is 12.1 Å². The Morgan fingerprint density at radius 1 is 1.05 bits per heavy atom. The summed E-state index contributed by atoms with van der Waals surface area (Å²) in [7, 11) is 0. The van der Waals surface area contributed by atoms with Crippen LogP contribution in [0.5, 0.6) is 11.5 Å². The predicted octanol–water partition coefficient (Wildman–Crippen LogP) is 4.45. The maximum absolute atomic E-state index is 6.38. The molecule has 0 aromatic heterocycles. The van der Waals surface area contributed by atoms with Crippen molar-refractivity contribution in [3.8, 4) is 11.5 Å². The van der Waals surface area contributed by atoms with E-state index in [4.69, 9.17) is 26.8 Å². The van der Waals surface area contributed by atoms with Gasteiger partial charge in [0.15, 0.2) is 11.5 Å². The van der Waals surface area contributed by atoms with Crippen molar-refractivity contribution in [1.29, 1.82) is 0 Å². The van der Waals surface area contributed by atoms with E-state index in [-0.39, 0.29) is 5.41 Å². The molecule has 0 aliphatic heterocycles. The summed E-state index contributed by atoms with van der Waals surface area (Å²) in [6.07, 6.45) is 2.97. The van der Waals surface area contributed by atoms with E-state index < -0.39 is 0 Å². The first-order valence-corrected chi connectivity index (χ1v) is 8.09. The average Bonchev–Trinajstić information content (AvgIpc) is 2.40. The summed E-state index contributed by atoms with van der Waals surface area (Å²) in [4.78, 5) is 0. The van der Waals surface area contributed by atoms with Crippen LogP contribution in [0.2, 0.25) is 5.02 Å². The maximum atomic E-state index is 6.38. The average molecular weight is 314 g/mol. The van der Waals surface area contributed by atoms with Gasteiger partial charge in [-0.2, -0.15) is 0 Å². The molecule has 21 heavy (non-hydrogen) atoms. The summed E-state index contributed by atoms with van der Waals surface area (Å²) in [5.41, 5.74) is 7.00. The molecule has 1 aromatic carbocycles. The second kappa shape index (κ2) is 8.50. The summed E-state index contributed by atoms with van der Waals surface area (Å²) >= 11 is 6.38. The Morgan fingerprint density at radius 2 is 1.62 bits per heavy atom. The lowest BCUT2D eigenvalue weighted by atomic mass is 9.83.